The number of rotatable bonds is 6. The Morgan fingerprint density at radius 3 is 2.65 bits per heavy atom. The van der Waals surface area contributed by atoms with Crippen molar-refractivity contribution in [3.05, 3.63) is 30.1 Å². The minimum absolute atomic E-state index is 0.0963. The second-order valence-electron chi connectivity index (χ2n) is 4.13. The van der Waals surface area contributed by atoms with Crippen LogP contribution in [0.5, 0.6) is 0 Å². The molecule has 1 atom stereocenters. The number of aliphatic carboxylic acids is 1. The molecule has 0 aromatic heterocycles. The van der Waals surface area contributed by atoms with E-state index in [0.29, 0.717) is 12.2 Å². The van der Waals surface area contributed by atoms with Gasteiger partial charge in [0.25, 0.3) is 0 Å². The lowest BCUT2D eigenvalue weighted by molar-refractivity contribution is -0.139. The number of urea groups is 1. The number of carbonyl (C=O) groups is 2. The van der Waals surface area contributed by atoms with Crippen molar-refractivity contribution in [3.63, 3.8) is 0 Å². The van der Waals surface area contributed by atoms with Gasteiger partial charge in [0, 0.05) is 7.05 Å². The first-order chi connectivity index (χ1) is 9.47. The summed E-state index contributed by atoms with van der Waals surface area (Å²) in [5.41, 5.74) is 0.0963. The summed E-state index contributed by atoms with van der Waals surface area (Å²) in [4.78, 5) is 24.1. The summed E-state index contributed by atoms with van der Waals surface area (Å²) in [6.45, 7) is 0. The molecule has 5 nitrogen and oxygen atoms in total. The fraction of sp³-hybridized carbons (Fsp3) is 0.385. The van der Waals surface area contributed by atoms with E-state index in [2.05, 4.69) is 5.32 Å². The molecule has 0 saturated heterocycles. The third-order valence-electron chi connectivity index (χ3n) is 2.72. The van der Waals surface area contributed by atoms with E-state index in [0.717, 1.165) is 4.90 Å². The van der Waals surface area contributed by atoms with Gasteiger partial charge in [-0.2, -0.15) is 11.8 Å². The average molecular weight is 300 g/mol. The van der Waals surface area contributed by atoms with Gasteiger partial charge in [0.2, 0.25) is 0 Å². The first-order valence-corrected chi connectivity index (χ1v) is 7.37. The Morgan fingerprint density at radius 2 is 2.10 bits per heavy atom. The zero-order chi connectivity index (χ0) is 15.1. The zero-order valence-corrected chi connectivity index (χ0v) is 12.1. The van der Waals surface area contributed by atoms with Crippen LogP contribution in [0, 0.1) is 5.82 Å². The predicted molar refractivity (Wildman–Crippen MR) is 77.8 cm³/mol. The molecule has 0 fully saturated rings. The number of hydrogen-bond acceptors (Lipinski definition) is 3. The fourth-order valence-corrected chi connectivity index (χ4v) is 2.04. The largest absolute Gasteiger partial charge is 0.480 e. The van der Waals surface area contributed by atoms with E-state index in [-0.39, 0.29) is 5.69 Å². The highest BCUT2D eigenvalue weighted by Gasteiger charge is 2.22. The van der Waals surface area contributed by atoms with Crippen molar-refractivity contribution in [2.75, 3.05) is 24.0 Å². The van der Waals surface area contributed by atoms with Crippen LogP contribution in [-0.2, 0) is 4.79 Å². The smallest absolute Gasteiger partial charge is 0.326 e. The molecule has 0 saturated carbocycles. The molecule has 0 radical (unpaired) electrons. The van der Waals surface area contributed by atoms with E-state index in [4.69, 9.17) is 5.11 Å². The Hall–Kier alpha value is -1.76. The number of benzene rings is 1. The van der Waals surface area contributed by atoms with Gasteiger partial charge in [0.15, 0.2) is 0 Å². The number of thioether (sulfide) groups is 1. The molecule has 20 heavy (non-hydrogen) atoms. The summed E-state index contributed by atoms with van der Waals surface area (Å²) in [6.07, 6.45) is 2.17. The standard InChI is InChI=1S/C13H17FN2O3S/c1-16(11-6-4-3-5-9(11)14)13(19)15-10(12(17)18)7-8-20-2/h3-6,10H,7-8H2,1-2H3,(H,15,19)(H,17,18). The van der Waals surface area contributed by atoms with Crippen molar-refractivity contribution in [2.24, 2.45) is 0 Å². The lowest BCUT2D eigenvalue weighted by Crippen LogP contribution is -2.47. The molecule has 2 amide bonds. The number of anilines is 1. The molecule has 7 heteroatoms. The highest BCUT2D eigenvalue weighted by atomic mass is 32.2. The molecule has 1 unspecified atom stereocenters. The third kappa shape index (κ3) is 4.41. The number of carboxylic acids is 1. The number of carboxylic acid groups (broad SMARTS) is 1. The van der Waals surface area contributed by atoms with E-state index in [1.54, 1.807) is 6.07 Å². The van der Waals surface area contributed by atoms with Gasteiger partial charge in [-0.25, -0.2) is 14.0 Å². The van der Waals surface area contributed by atoms with Crippen LogP contribution in [0.3, 0.4) is 0 Å². The molecule has 1 aromatic carbocycles. The minimum Gasteiger partial charge on any atom is -0.480 e. The highest BCUT2D eigenvalue weighted by molar-refractivity contribution is 7.98. The van der Waals surface area contributed by atoms with Crippen LogP contribution < -0.4 is 10.2 Å². The molecule has 0 heterocycles. The predicted octanol–water partition coefficient (Wildman–Crippen LogP) is 2.18. The van der Waals surface area contributed by atoms with Crippen LogP contribution in [0.2, 0.25) is 0 Å². The number of nitrogens with zero attached hydrogens (tertiary/aromatic N) is 1. The Balaban J connectivity index is 2.73. The minimum atomic E-state index is -1.10. The van der Waals surface area contributed by atoms with E-state index < -0.39 is 23.9 Å². The highest BCUT2D eigenvalue weighted by Crippen LogP contribution is 2.17. The third-order valence-corrected chi connectivity index (χ3v) is 3.37. The molecule has 110 valence electrons. The quantitative estimate of drug-likeness (QED) is 0.845. The Morgan fingerprint density at radius 1 is 1.45 bits per heavy atom. The summed E-state index contributed by atoms with van der Waals surface area (Å²) in [6, 6.07) is 4.18. The van der Waals surface area contributed by atoms with Crippen LogP contribution >= 0.6 is 11.8 Å². The molecule has 0 aliphatic rings. The normalized spacial score (nSPS) is 11.8. The molecule has 0 spiro atoms. The van der Waals surface area contributed by atoms with Gasteiger partial charge >= 0.3 is 12.0 Å². The summed E-state index contributed by atoms with van der Waals surface area (Å²) in [5, 5.41) is 11.4. The number of halogens is 1. The molecule has 1 aromatic rings. The molecule has 0 bridgehead atoms. The fourth-order valence-electron chi connectivity index (χ4n) is 1.57. The van der Waals surface area contributed by atoms with Crippen molar-refractivity contribution < 1.29 is 19.1 Å². The maximum Gasteiger partial charge on any atom is 0.326 e. The number of para-hydroxylation sites is 1. The summed E-state index contributed by atoms with van der Waals surface area (Å²) in [5.74, 6) is -1.03. The second-order valence-corrected chi connectivity index (χ2v) is 5.12. The Kier molecular flexibility index (Phi) is 6.30. The van der Waals surface area contributed by atoms with E-state index >= 15 is 0 Å². The topological polar surface area (TPSA) is 69.6 Å². The maximum atomic E-state index is 13.6. The van der Waals surface area contributed by atoms with Gasteiger partial charge in [-0.05, 0) is 30.6 Å². The van der Waals surface area contributed by atoms with Crippen LogP contribution in [0.1, 0.15) is 6.42 Å². The first kappa shape index (κ1) is 16.3. The summed E-state index contributed by atoms with van der Waals surface area (Å²) >= 11 is 1.49. The van der Waals surface area contributed by atoms with Gasteiger partial charge in [0.05, 0.1) is 5.69 Å². The number of nitrogens with one attached hydrogen (secondary N) is 1. The van der Waals surface area contributed by atoms with Crippen molar-refractivity contribution >= 4 is 29.4 Å². The molecular weight excluding hydrogens is 283 g/mol. The maximum absolute atomic E-state index is 13.6. The van der Waals surface area contributed by atoms with Gasteiger partial charge in [-0.15, -0.1) is 0 Å². The summed E-state index contributed by atoms with van der Waals surface area (Å²) in [7, 11) is 1.39. The average Bonchev–Trinajstić information content (AvgIpc) is 2.42. The van der Waals surface area contributed by atoms with Gasteiger partial charge in [-0.1, -0.05) is 12.1 Å². The lowest BCUT2D eigenvalue weighted by Gasteiger charge is -2.21. The monoisotopic (exact) mass is 300 g/mol. The molecule has 0 aliphatic heterocycles. The first-order valence-electron chi connectivity index (χ1n) is 5.98. The number of amides is 2. The van der Waals surface area contributed by atoms with Crippen LogP contribution in [0.25, 0.3) is 0 Å². The molecule has 1 rings (SSSR count). The van der Waals surface area contributed by atoms with Gasteiger partial charge < -0.3 is 10.4 Å². The number of hydrogen-bond donors (Lipinski definition) is 2. The van der Waals surface area contributed by atoms with E-state index in [1.807, 2.05) is 6.26 Å². The Labute approximate surface area is 121 Å². The molecule has 0 aliphatic carbocycles. The zero-order valence-electron chi connectivity index (χ0n) is 11.3. The van der Waals surface area contributed by atoms with Crippen LogP contribution in [0.15, 0.2) is 24.3 Å². The molecular formula is C13H17FN2O3S. The van der Waals surface area contributed by atoms with E-state index in [1.165, 1.54) is 37.0 Å². The van der Waals surface area contributed by atoms with Crippen LogP contribution in [0.4, 0.5) is 14.9 Å². The van der Waals surface area contributed by atoms with Crippen molar-refractivity contribution in [1.82, 2.24) is 5.32 Å². The van der Waals surface area contributed by atoms with E-state index in [9.17, 15) is 14.0 Å². The van der Waals surface area contributed by atoms with Crippen LogP contribution in [-0.4, -0.2) is 42.2 Å². The van der Waals surface area contributed by atoms with Crippen molar-refractivity contribution in [2.45, 2.75) is 12.5 Å². The Bertz CT molecular complexity index is 484. The lowest BCUT2D eigenvalue weighted by atomic mass is 10.2. The number of carbonyl (C=O) groups excluding carboxylic acids is 1. The van der Waals surface area contributed by atoms with Gasteiger partial charge in [-0.3, -0.25) is 4.90 Å². The second kappa shape index (κ2) is 7.74. The van der Waals surface area contributed by atoms with Gasteiger partial charge in [0.1, 0.15) is 11.9 Å². The van der Waals surface area contributed by atoms with Crippen molar-refractivity contribution in [3.8, 4) is 0 Å². The summed E-state index contributed by atoms with van der Waals surface area (Å²) < 4.78 is 13.6. The molecule has 2 N–H and O–H groups in total. The van der Waals surface area contributed by atoms with Crippen molar-refractivity contribution in [1.29, 1.82) is 0 Å². The SMILES string of the molecule is CSCCC(NC(=O)N(C)c1ccccc1F)C(=O)O.